The Labute approximate surface area is 183 Å². The molecule has 5 heteroatoms. The molecule has 0 aliphatic carbocycles. The second-order valence-corrected chi connectivity index (χ2v) is 8.17. The highest BCUT2D eigenvalue weighted by Crippen LogP contribution is 2.26. The maximum absolute atomic E-state index is 13.3. The molecule has 1 heterocycles. The van der Waals surface area contributed by atoms with Crippen LogP contribution in [-0.4, -0.2) is 43.5 Å². The number of amides is 1. The SMILES string of the molecule is C[C@H]1CN(Cc2ccc(N(C)C(=O)c3ccccc3-c3ccc(F)cc3)cc2)CCN1. The third-order valence-corrected chi connectivity index (χ3v) is 5.80. The van der Waals surface area contributed by atoms with Crippen LogP contribution in [0.4, 0.5) is 10.1 Å². The van der Waals surface area contributed by atoms with Gasteiger partial charge in [0.15, 0.2) is 0 Å². The molecule has 1 atom stereocenters. The fraction of sp³-hybridized carbons (Fsp3) is 0.269. The molecule has 3 aromatic rings. The van der Waals surface area contributed by atoms with Crippen LogP contribution in [0.25, 0.3) is 11.1 Å². The monoisotopic (exact) mass is 417 g/mol. The first-order chi connectivity index (χ1) is 15.0. The van der Waals surface area contributed by atoms with Gasteiger partial charge in [0.1, 0.15) is 5.82 Å². The molecule has 1 N–H and O–H groups in total. The highest BCUT2D eigenvalue weighted by atomic mass is 19.1. The van der Waals surface area contributed by atoms with Gasteiger partial charge in [-0.3, -0.25) is 9.69 Å². The van der Waals surface area contributed by atoms with Crippen LogP contribution in [0.2, 0.25) is 0 Å². The molecule has 4 rings (SSSR count). The summed E-state index contributed by atoms with van der Waals surface area (Å²) < 4.78 is 13.3. The fourth-order valence-electron chi connectivity index (χ4n) is 4.09. The first kappa shape index (κ1) is 21.2. The predicted molar refractivity (Wildman–Crippen MR) is 124 cm³/mol. The summed E-state index contributed by atoms with van der Waals surface area (Å²) in [4.78, 5) is 17.4. The number of piperazine rings is 1. The molecule has 1 saturated heterocycles. The van der Waals surface area contributed by atoms with Gasteiger partial charge in [0.2, 0.25) is 0 Å². The summed E-state index contributed by atoms with van der Waals surface area (Å²) in [6, 6.07) is 22.4. The van der Waals surface area contributed by atoms with Gasteiger partial charge in [0.05, 0.1) is 0 Å². The van der Waals surface area contributed by atoms with Gasteiger partial charge < -0.3 is 10.2 Å². The molecule has 160 valence electrons. The van der Waals surface area contributed by atoms with Gasteiger partial charge in [-0.15, -0.1) is 0 Å². The van der Waals surface area contributed by atoms with Gasteiger partial charge in [-0.1, -0.05) is 42.5 Å². The van der Waals surface area contributed by atoms with Crippen molar-refractivity contribution in [1.82, 2.24) is 10.2 Å². The van der Waals surface area contributed by atoms with Gasteiger partial charge in [-0.05, 0) is 53.9 Å². The van der Waals surface area contributed by atoms with Crippen molar-refractivity contribution in [3.63, 3.8) is 0 Å². The number of benzene rings is 3. The van der Waals surface area contributed by atoms with Gasteiger partial charge in [-0.25, -0.2) is 4.39 Å². The quantitative estimate of drug-likeness (QED) is 0.661. The van der Waals surface area contributed by atoms with E-state index in [1.54, 1.807) is 24.1 Å². The normalized spacial score (nSPS) is 16.8. The number of carbonyl (C=O) groups is 1. The number of hydrogen-bond donors (Lipinski definition) is 1. The third kappa shape index (κ3) is 5.01. The molecule has 1 aliphatic rings. The average molecular weight is 418 g/mol. The molecular weight excluding hydrogens is 389 g/mol. The van der Waals surface area contributed by atoms with E-state index >= 15 is 0 Å². The minimum Gasteiger partial charge on any atom is -0.312 e. The fourth-order valence-corrected chi connectivity index (χ4v) is 4.09. The number of anilines is 1. The van der Waals surface area contributed by atoms with Gasteiger partial charge in [0.25, 0.3) is 5.91 Å². The molecule has 31 heavy (non-hydrogen) atoms. The Hall–Kier alpha value is -3.02. The lowest BCUT2D eigenvalue weighted by Gasteiger charge is -2.31. The Balaban J connectivity index is 1.50. The molecule has 0 aromatic heterocycles. The van der Waals surface area contributed by atoms with Crippen molar-refractivity contribution in [1.29, 1.82) is 0 Å². The molecule has 3 aromatic carbocycles. The van der Waals surface area contributed by atoms with Crippen molar-refractivity contribution < 1.29 is 9.18 Å². The maximum Gasteiger partial charge on any atom is 0.258 e. The number of hydrogen-bond acceptors (Lipinski definition) is 3. The van der Waals surface area contributed by atoms with Gasteiger partial charge >= 0.3 is 0 Å². The number of rotatable bonds is 5. The zero-order valence-corrected chi connectivity index (χ0v) is 18.0. The number of nitrogens with zero attached hydrogens (tertiary/aromatic N) is 2. The third-order valence-electron chi connectivity index (χ3n) is 5.80. The predicted octanol–water partition coefficient (Wildman–Crippen LogP) is 4.56. The lowest BCUT2D eigenvalue weighted by atomic mass is 9.98. The summed E-state index contributed by atoms with van der Waals surface area (Å²) in [5.41, 5.74) is 4.29. The molecule has 1 fully saturated rings. The van der Waals surface area contributed by atoms with Crippen LogP contribution in [0, 0.1) is 5.82 Å². The molecule has 0 unspecified atom stereocenters. The number of halogens is 1. The standard InChI is InChI=1S/C26H28FN3O/c1-19-17-30(16-15-28-19)18-20-7-13-23(14-8-20)29(2)26(31)25-6-4-3-5-24(25)21-9-11-22(27)12-10-21/h3-14,19,28H,15-18H2,1-2H3/t19-/m0/s1. The van der Waals surface area contributed by atoms with E-state index in [9.17, 15) is 9.18 Å². The Morgan fingerprint density at radius 2 is 1.77 bits per heavy atom. The van der Waals surface area contributed by atoms with Crippen molar-refractivity contribution in [3.05, 3.63) is 89.7 Å². The summed E-state index contributed by atoms with van der Waals surface area (Å²) in [5, 5.41) is 3.46. The van der Waals surface area contributed by atoms with E-state index in [2.05, 4.69) is 29.3 Å². The highest BCUT2D eigenvalue weighted by molar-refractivity contribution is 6.09. The van der Waals surface area contributed by atoms with Crippen molar-refractivity contribution in [2.75, 3.05) is 31.6 Å². The highest BCUT2D eigenvalue weighted by Gasteiger charge is 2.19. The summed E-state index contributed by atoms with van der Waals surface area (Å²) >= 11 is 0. The van der Waals surface area contributed by atoms with Gasteiger partial charge in [-0.2, -0.15) is 0 Å². The largest absolute Gasteiger partial charge is 0.312 e. The van der Waals surface area contributed by atoms with Crippen molar-refractivity contribution >= 4 is 11.6 Å². The Bertz CT molecular complexity index is 1030. The molecular formula is C26H28FN3O. The molecule has 0 spiro atoms. The smallest absolute Gasteiger partial charge is 0.258 e. The summed E-state index contributed by atoms with van der Waals surface area (Å²) in [5.74, 6) is -0.386. The van der Waals surface area contributed by atoms with E-state index in [-0.39, 0.29) is 11.7 Å². The molecule has 1 amide bonds. The second-order valence-electron chi connectivity index (χ2n) is 8.17. The lowest BCUT2D eigenvalue weighted by Crippen LogP contribution is -2.48. The summed E-state index contributed by atoms with van der Waals surface area (Å²) in [7, 11) is 1.79. The van der Waals surface area contributed by atoms with Crippen molar-refractivity contribution in [2.24, 2.45) is 0 Å². The first-order valence-electron chi connectivity index (χ1n) is 10.7. The van der Waals surface area contributed by atoms with E-state index in [1.807, 2.05) is 36.4 Å². The van der Waals surface area contributed by atoms with Crippen LogP contribution in [0.15, 0.2) is 72.8 Å². The van der Waals surface area contributed by atoms with Crippen LogP contribution in [-0.2, 0) is 6.54 Å². The van der Waals surface area contributed by atoms with E-state index < -0.39 is 0 Å². The topological polar surface area (TPSA) is 35.6 Å². The van der Waals surface area contributed by atoms with Crippen LogP contribution in [0.3, 0.4) is 0 Å². The van der Waals surface area contributed by atoms with Crippen molar-refractivity contribution in [2.45, 2.75) is 19.5 Å². The van der Waals surface area contributed by atoms with E-state index in [1.165, 1.54) is 17.7 Å². The van der Waals surface area contributed by atoms with Crippen LogP contribution in [0.5, 0.6) is 0 Å². The zero-order valence-electron chi connectivity index (χ0n) is 18.0. The molecule has 0 bridgehead atoms. The number of carbonyl (C=O) groups excluding carboxylic acids is 1. The second kappa shape index (κ2) is 9.41. The Morgan fingerprint density at radius 1 is 1.06 bits per heavy atom. The summed E-state index contributed by atoms with van der Waals surface area (Å²) in [6.07, 6.45) is 0. The zero-order chi connectivity index (χ0) is 21.8. The van der Waals surface area contributed by atoms with Crippen LogP contribution in [0.1, 0.15) is 22.8 Å². The maximum atomic E-state index is 13.3. The van der Waals surface area contributed by atoms with Crippen LogP contribution < -0.4 is 10.2 Å². The number of nitrogens with one attached hydrogen (secondary N) is 1. The Morgan fingerprint density at radius 3 is 2.48 bits per heavy atom. The molecule has 0 saturated carbocycles. The minimum atomic E-state index is -0.292. The van der Waals surface area contributed by atoms with Crippen molar-refractivity contribution in [3.8, 4) is 11.1 Å². The Kier molecular flexibility index (Phi) is 6.44. The van der Waals surface area contributed by atoms with E-state index in [0.29, 0.717) is 11.6 Å². The molecule has 0 radical (unpaired) electrons. The van der Waals surface area contributed by atoms with Gasteiger partial charge in [0, 0.05) is 50.5 Å². The average Bonchev–Trinajstić information content (AvgIpc) is 2.79. The van der Waals surface area contributed by atoms with E-state index in [4.69, 9.17) is 0 Å². The summed E-state index contributed by atoms with van der Waals surface area (Å²) in [6.45, 7) is 6.23. The lowest BCUT2D eigenvalue weighted by molar-refractivity contribution is 0.0993. The first-order valence-corrected chi connectivity index (χ1v) is 10.7. The molecule has 1 aliphatic heterocycles. The molecule has 4 nitrogen and oxygen atoms in total. The van der Waals surface area contributed by atoms with E-state index in [0.717, 1.165) is 43.0 Å². The van der Waals surface area contributed by atoms with Crippen LogP contribution >= 0.6 is 0 Å². The minimum absolute atomic E-state index is 0.0939.